The number of benzene rings is 1. The molecule has 5 heteroatoms. The minimum Gasteiger partial charge on any atom is -0.368 e. The van der Waals surface area contributed by atoms with E-state index in [9.17, 15) is 4.79 Å². The molecule has 1 amide bonds. The van der Waals surface area contributed by atoms with Crippen molar-refractivity contribution in [1.29, 1.82) is 0 Å². The molecule has 106 valence electrons. The number of primary amides is 1. The number of rotatable bonds is 7. The van der Waals surface area contributed by atoms with Crippen LogP contribution in [-0.2, 0) is 11.3 Å². The minimum absolute atomic E-state index is 0.179. The summed E-state index contributed by atoms with van der Waals surface area (Å²) in [6.45, 7) is 5.82. The van der Waals surface area contributed by atoms with Crippen LogP contribution in [0.3, 0.4) is 0 Å². The molecule has 0 radical (unpaired) electrons. The number of nitrogens with two attached hydrogens (primary N) is 1. The molecule has 0 fully saturated rings. The van der Waals surface area contributed by atoms with Gasteiger partial charge in [0.1, 0.15) is 0 Å². The van der Waals surface area contributed by atoms with E-state index in [2.05, 4.69) is 19.2 Å². The average Bonchev–Trinajstić information content (AvgIpc) is 2.27. The summed E-state index contributed by atoms with van der Waals surface area (Å²) in [7, 11) is 1.88. The van der Waals surface area contributed by atoms with Crippen LogP contribution in [-0.4, -0.2) is 26.0 Å². The van der Waals surface area contributed by atoms with E-state index in [1.54, 1.807) is 0 Å². The highest BCUT2D eigenvalue weighted by Gasteiger charge is 2.17. The zero-order chi connectivity index (χ0) is 14.4. The Kier molecular flexibility index (Phi) is 6.12. The fraction of sp³-hybridized carbons (Fsp3) is 0.500. The number of carbonyl (C=O) groups is 1. The lowest BCUT2D eigenvalue weighted by Gasteiger charge is -2.28. The number of para-hydroxylation sites is 1. The van der Waals surface area contributed by atoms with Gasteiger partial charge in [-0.25, -0.2) is 0 Å². The van der Waals surface area contributed by atoms with Crippen molar-refractivity contribution in [3.63, 3.8) is 0 Å². The van der Waals surface area contributed by atoms with Crippen molar-refractivity contribution in [3.05, 3.63) is 28.8 Å². The molecule has 0 aliphatic carbocycles. The predicted molar refractivity (Wildman–Crippen MR) is 80.5 cm³/mol. The van der Waals surface area contributed by atoms with Gasteiger partial charge in [-0.05, 0) is 24.6 Å². The standard InChI is InChI=1S/C14H22ClN3O/c1-10(2)8-18(9-13(16)19)14-11(7-17-3)5-4-6-12(14)15/h4-6,10,17H,7-9H2,1-3H3,(H2,16,19). The zero-order valence-corrected chi connectivity index (χ0v) is 12.5. The van der Waals surface area contributed by atoms with Crippen LogP contribution in [0.2, 0.25) is 5.02 Å². The maximum Gasteiger partial charge on any atom is 0.236 e. The van der Waals surface area contributed by atoms with Crippen molar-refractivity contribution in [1.82, 2.24) is 5.32 Å². The number of hydrogen-bond acceptors (Lipinski definition) is 3. The summed E-state index contributed by atoms with van der Waals surface area (Å²) in [5, 5.41) is 3.76. The van der Waals surface area contributed by atoms with Gasteiger partial charge in [0.15, 0.2) is 0 Å². The summed E-state index contributed by atoms with van der Waals surface area (Å²) < 4.78 is 0. The molecule has 19 heavy (non-hydrogen) atoms. The van der Waals surface area contributed by atoms with Gasteiger partial charge in [0.05, 0.1) is 17.3 Å². The van der Waals surface area contributed by atoms with E-state index in [0.29, 0.717) is 17.5 Å². The first-order chi connectivity index (χ1) is 8.95. The lowest BCUT2D eigenvalue weighted by Crippen LogP contribution is -2.37. The summed E-state index contributed by atoms with van der Waals surface area (Å²) in [4.78, 5) is 13.2. The van der Waals surface area contributed by atoms with Gasteiger partial charge in [0.2, 0.25) is 5.91 Å². The van der Waals surface area contributed by atoms with Gasteiger partial charge < -0.3 is 16.0 Å². The number of amides is 1. The lowest BCUT2D eigenvalue weighted by atomic mass is 10.1. The summed E-state index contributed by atoms with van der Waals surface area (Å²) in [5.41, 5.74) is 7.30. The second-order valence-corrected chi connectivity index (χ2v) is 5.43. The van der Waals surface area contributed by atoms with Crippen LogP contribution < -0.4 is 16.0 Å². The molecule has 0 unspecified atom stereocenters. The van der Waals surface area contributed by atoms with Gasteiger partial charge in [0, 0.05) is 13.1 Å². The third-order valence-electron chi connectivity index (χ3n) is 2.69. The average molecular weight is 284 g/mol. The van der Waals surface area contributed by atoms with Gasteiger partial charge in [0.25, 0.3) is 0 Å². The molecule has 1 aromatic carbocycles. The van der Waals surface area contributed by atoms with Crippen LogP contribution in [0.5, 0.6) is 0 Å². The summed E-state index contributed by atoms with van der Waals surface area (Å²) in [6.07, 6.45) is 0. The summed E-state index contributed by atoms with van der Waals surface area (Å²) in [6, 6.07) is 5.76. The second-order valence-electron chi connectivity index (χ2n) is 5.02. The number of carbonyl (C=O) groups excluding carboxylic acids is 1. The Bertz CT molecular complexity index is 435. The molecule has 1 aromatic rings. The lowest BCUT2D eigenvalue weighted by molar-refractivity contribution is -0.116. The molecule has 0 bridgehead atoms. The molecular formula is C14H22ClN3O. The van der Waals surface area contributed by atoms with Crippen molar-refractivity contribution >= 4 is 23.2 Å². The van der Waals surface area contributed by atoms with Crippen LogP contribution >= 0.6 is 11.6 Å². The topological polar surface area (TPSA) is 58.4 Å². The second kappa shape index (κ2) is 7.36. The van der Waals surface area contributed by atoms with Gasteiger partial charge in [-0.2, -0.15) is 0 Å². The normalized spacial score (nSPS) is 10.8. The van der Waals surface area contributed by atoms with Gasteiger partial charge in [-0.1, -0.05) is 37.6 Å². The SMILES string of the molecule is CNCc1cccc(Cl)c1N(CC(N)=O)CC(C)C. The van der Waals surface area contributed by atoms with Gasteiger partial charge in [-0.3, -0.25) is 4.79 Å². The molecule has 0 saturated carbocycles. The smallest absolute Gasteiger partial charge is 0.236 e. The Balaban J connectivity index is 3.15. The van der Waals surface area contributed by atoms with E-state index in [1.807, 2.05) is 30.1 Å². The summed E-state index contributed by atoms with van der Waals surface area (Å²) in [5.74, 6) is 0.0639. The first kappa shape index (κ1) is 15.8. The van der Waals surface area contributed by atoms with Crippen molar-refractivity contribution in [2.75, 3.05) is 25.0 Å². The largest absolute Gasteiger partial charge is 0.368 e. The van der Waals surface area contributed by atoms with E-state index < -0.39 is 0 Å². The Hall–Kier alpha value is -1.26. The van der Waals surface area contributed by atoms with Gasteiger partial charge >= 0.3 is 0 Å². The molecule has 0 atom stereocenters. The Morgan fingerprint density at radius 3 is 2.68 bits per heavy atom. The number of halogens is 1. The highest BCUT2D eigenvalue weighted by atomic mass is 35.5. The highest BCUT2D eigenvalue weighted by Crippen LogP contribution is 2.30. The third kappa shape index (κ3) is 4.73. The summed E-state index contributed by atoms with van der Waals surface area (Å²) >= 11 is 6.31. The van der Waals surface area contributed by atoms with Crippen molar-refractivity contribution in [3.8, 4) is 0 Å². The Morgan fingerprint density at radius 2 is 2.16 bits per heavy atom. The molecule has 0 saturated heterocycles. The van der Waals surface area contributed by atoms with Crippen LogP contribution in [0, 0.1) is 5.92 Å². The van der Waals surface area contributed by atoms with E-state index >= 15 is 0 Å². The minimum atomic E-state index is -0.351. The monoisotopic (exact) mass is 283 g/mol. The molecule has 3 N–H and O–H groups in total. The molecule has 0 heterocycles. The van der Waals surface area contributed by atoms with Crippen LogP contribution in [0.4, 0.5) is 5.69 Å². The fourth-order valence-corrected chi connectivity index (χ4v) is 2.42. The van der Waals surface area contributed by atoms with Crippen LogP contribution in [0.25, 0.3) is 0 Å². The van der Waals surface area contributed by atoms with Crippen molar-refractivity contribution in [2.24, 2.45) is 11.7 Å². The first-order valence-electron chi connectivity index (χ1n) is 6.41. The van der Waals surface area contributed by atoms with Crippen LogP contribution in [0.15, 0.2) is 18.2 Å². The van der Waals surface area contributed by atoms with E-state index in [1.165, 1.54) is 0 Å². The fourth-order valence-electron chi connectivity index (χ4n) is 2.11. The first-order valence-corrected chi connectivity index (χ1v) is 6.78. The molecule has 0 aliphatic rings. The third-order valence-corrected chi connectivity index (χ3v) is 2.99. The van der Waals surface area contributed by atoms with Crippen LogP contribution in [0.1, 0.15) is 19.4 Å². The molecule has 0 aliphatic heterocycles. The van der Waals surface area contributed by atoms with E-state index in [4.69, 9.17) is 17.3 Å². The zero-order valence-electron chi connectivity index (χ0n) is 11.7. The van der Waals surface area contributed by atoms with Crippen molar-refractivity contribution < 1.29 is 4.79 Å². The molecular weight excluding hydrogens is 262 g/mol. The number of nitrogens with zero attached hydrogens (tertiary/aromatic N) is 1. The Morgan fingerprint density at radius 1 is 1.47 bits per heavy atom. The number of anilines is 1. The quantitative estimate of drug-likeness (QED) is 0.805. The number of nitrogens with one attached hydrogen (secondary N) is 1. The maximum atomic E-state index is 11.3. The molecule has 0 aromatic heterocycles. The van der Waals surface area contributed by atoms with Crippen molar-refractivity contribution in [2.45, 2.75) is 20.4 Å². The van der Waals surface area contributed by atoms with E-state index in [-0.39, 0.29) is 12.5 Å². The highest BCUT2D eigenvalue weighted by molar-refractivity contribution is 6.33. The molecule has 0 spiro atoms. The molecule has 4 nitrogen and oxygen atoms in total. The Labute approximate surface area is 119 Å². The predicted octanol–water partition coefficient (Wildman–Crippen LogP) is 2.01. The maximum absolute atomic E-state index is 11.3. The number of hydrogen-bond donors (Lipinski definition) is 2. The van der Waals surface area contributed by atoms with Gasteiger partial charge in [-0.15, -0.1) is 0 Å². The molecule has 1 rings (SSSR count). The van der Waals surface area contributed by atoms with E-state index in [0.717, 1.165) is 17.8 Å².